The van der Waals surface area contributed by atoms with Crippen LogP contribution in [0.4, 0.5) is 4.39 Å². The zero-order valence-corrected chi connectivity index (χ0v) is 16.1. The van der Waals surface area contributed by atoms with Crippen molar-refractivity contribution in [3.63, 3.8) is 0 Å². The average Bonchev–Trinajstić information content (AvgIpc) is 3.30. The van der Waals surface area contributed by atoms with Gasteiger partial charge in [-0.05, 0) is 48.7 Å². The van der Waals surface area contributed by atoms with Crippen molar-refractivity contribution in [1.82, 2.24) is 9.80 Å². The highest BCUT2D eigenvalue weighted by molar-refractivity contribution is 6.22. The zero-order valence-electron chi connectivity index (χ0n) is 16.1. The summed E-state index contributed by atoms with van der Waals surface area (Å²) in [4.78, 5) is 40.8. The number of halogens is 1. The van der Waals surface area contributed by atoms with Crippen molar-refractivity contribution in [2.75, 3.05) is 20.2 Å². The molecule has 2 aliphatic heterocycles. The molecule has 0 aromatic heterocycles. The monoisotopic (exact) mass is 396 g/mol. The van der Waals surface area contributed by atoms with E-state index in [0.717, 1.165) is 12.8 Å². The molecular weight excluding hydrogens is 375 g/mol. The Bertz CT molecular complexity index is 985. The first-order chi connectivity index (χ1) is 13.9. The van der Waals surface area contributed by atoms with Crippen molar-refractivity contribution in [2.45, 2.75) is 25.5 Å². The fourth-order valence-corrected chi connectivity index (χ4v) is 3.78. The number of nitrogens with zero attached hydrogens (tertiary/aromatic N) is 2. The predicted molar refractivity (Wildman–Crippen MR) is 103 cm³/mol. The largest absolute Gasteiger partial charge is 0.376 e. The molecule has 4 rings (SSSR count). The maximum Gasteiger partial charge on any atom is 0.261 e. The number of hydrogen-bond donors (Lipinski definition) is 0. The van der Waals surface area contributed by atoms with Gasteiger partial charge in [0.25, 0.3) is 17.7 Å². The van der Waals surface area contributed by atoms with Gasteiger partial charge in [0.2, 0.25) is 0 Å². The van der Waals surface area contributed by atoms with E-state index in [2.05, 4.69) is 0 Å². The Morgan fingerprint density at radius 1 is 1.17 bits per heavy atom. The summed E-state index contributed by atoms with van der Waals surface area (Å²) in [5, 5.41) is 0. The second-order valence-electron chi connectivity index (χ2n) is 7.41. The number of imide groups is 1. The third kappa shape index (κ3) is 3.78. The lowest BCUT2D eigenvalue weighted by Crippen LogP contribution is -2.36. The Kier molecular flexibility index (Phi) is 5.15. The first-order valence-corrected chi connectivity index (χ1v) is 9.56. The van der Waals surface area contributed by atoms with Crippen molar-refractivity contribution in [3.8, 4) is 0 Å². The molecule has 3 amide bonds. The number of amides is 3. The summed E-state index contributed by atoms with van der Waals surface area (Å²) in [5.74, 6) is -1.43. The lowest BCUT2D eigenvalue weighted by Gasteiger charge is -2.18. The van der Waals surface area contributed by atoms with Crippen LogP contribution >= 0.6 is 0 Å². The predicted octanol–water partition coefficient (Wildman–Crippen LogP) is 2.87. The molecule has 2 aliphatic rings. The number of hydrogen-bond acceptors (Lipinski definition) is 4. The highest BCUT2D eigenvalue weighted by Gasteiger charge is 2.38. The molecule has 2 aromatic rings. The molecule has 2 heterocycles. The molecule has 0 saturated carbocycles. The van der Waals surface area contributed by atoms with Crippen LogP contribution in [0.5, 0.6) is 0 Å². The van der Waals surface area contributed by atoms with Crippen LogP contribution in [0.15, 0.2) is 42.5 Å². The molecule has 0 radical (unpaired) electrons. The van der Waals surface area contributed by atoms with E-state index in [4.69, 9.17) is 4.74 Å². The summed E-state index contributed by atoms with van der Waals surface area (Å²) in [5.41, 5.74) is 1.51. The van der Waals surface area contributed by atoms with Crippen molar-refractivity contribution in [1.29, 1.82) is 0 Å². The molecule has 1 saturated heterocycles. The van der Waals surface area contributed by atoms with Gasteiger partial charge in [0, 0.05) is 25.8 Å². The minimum absolute atomic E-state index is 0.129. The number of carbonyl (C=O) groups excluding carboxylic acids is 3. The van der Waals surface area contributed by atoms with E-state index in [1.165, 1.54) is 34.1 Å². The van der Waals surface area contributed by atoms with Crippen LogP contribution in [0, 0.1) is 5.82 Å². The van der Waals surface area contributed by atoms with Crippen LogP contribution in [0.3, 0.4) is 0 Å². The summed E-state index contributed by atoms with van der Waals surface area (Å²) in [6.07, 6.45) is 1.61. The molecule has 0 aliphatic carbocycles. The summed E-state index contributed by atoms with van der Waals surface area (Å²) in [6, 6.07) is 10.6. The van der Waals surface area contributed by atoms with E-state index in [0.29, 0.717) is 23.3 Å². The molecule has 0 N–H and O–H groups in total. The van der Waals surface area contributed by atoms with Gasteiger partial charge in [-0.2, -0.15) is 0 Å². The molecule has 1 unspecified atom stereocenters. The van der Waals surface area contributed by atoms with Crippen LogP contribution in [-0.4, -0.2) is 53.8 Å². The number of fused-ring (bicyclic) bond motifs is 1. The van der Waals surface area contributed by atoms with Gasteiger partial charge in [0.15, 0.2) is 0 Å². The summed E-state index contributed by atoms with van der Waals surface area (Å²) < 4.78 is 18.9. The molecule has 150 valence electrons. The van der Waals surface area contributed by atoms with Gasteiger partial charge in [-0.1, -0.05) is 12.1 Å². The number of rotatable bonds is 5. The fraction of sp³-hybridized carbons (Fsp3) is 0.318. The minimum Gasteiger partial charge on any atom is -0.376 e. The van der Waals surface area contributed by atoms with E-state index < -0.39 is 5.91 Å². The molecular formula is C22H21FN2O4. The van der Waals surface area contributed by atoms with Crippen LogP contribution in [0.2, 0.25) is 0 Å². The van der Waals surface area contributed by atoms with Crippen molar-refractivity contribution < 1.29 is 23.5 Å². The van der Waals surface area contributed by atoms with Crippen LogP contribution in [-0.2, 0) is 11.3 Å². The van der Waals surface area contributed by atoms with Crippen LogP contribution in [0.1, 0.15) is 49.5 Å². The van der Waals surface area contributed by atoms with Gasteiger partial charge < -0.3 is 9.64 Å². The van der Waals surface area contributed by atoms with E-state index in [-0.39, 0.29) is 42.4 Å². The van der Waals surface area contributed by atoms with Crippen molar-refractivity contribution in [3.05, 3.63) is 70.5 Å². The maximum atomic E-state index is 13.4. The van der Waals surface area contributed by atoms with Gasteiger partial charge in [-0.15, -0.1) is 0 Å². The van der Waals surface area contributed by atoms with Crippen LogP contribution < -0.4 is 0 Å². The van der Waals surface area contributed by atoms with Gasteiger partial charge in [-0.3, -0.25) is 19.3 Å². The summed E-state index contributed by atoms with van der Waals surface area (Å²) in [7, 11) is 1.61. The number of benzene rings is 2. The third-order valence-corrected chi connectivity index (χ3v) is 5.28. The Morgan fingerprint density at radius 2 is 1.97 bits per heavy atom. The molecule has 6 nitrogen and oxygen atoms in total. The maximum absolute atomic E-state index is 13.4. The molecule has 0 spiro atoms. The lowest BCUT2D eigenvalue weighted by atomic mass is 10.0. The second kappa shape index (κ2) is 7.75. The summed E-state index contributed by atoms with van der Waals surface area (Å²) >= 11 is 0. The number of ether oxygens (including phenoxy) is 1. The second-order valence-corrected chi connectivity index (χ2v) is 7.41. The lowest BCUT2D eigenvalue weighted by molar-refractivity contribution is 0.0475. The average molecular weight is 396 g/mol. The normalized spacial score (nSPS) is 18.3. The van der Waals surface area contributed by atoms with E-state index in [1.807, 2.05) is 0 Å². The standard InChI is InChI=1S/C22H21FN2O4/c1-24(12-14-4-2-5-16(23)10-14)20(26)15-7-8-18-19(11-15)22(28)25(21(18)27)13-17-6-3-9-29-17/h2,4-5,7-8,10-11,17H,3,6,9,12-13H2,1H3. The molecule has 2 aromatic carbocycles. The first-order valence-electron chi connectivity index (χ1n) is 9.56. The van der Waals surface area contributed by atoms with E-state index in [9.17, 15) is 18.8 Å². The molecule has 1 atom stereocenters. The Balaban J connectivity index is 1.51. The zero-order chi connectivity index (χ0) is 20.5. The SMILES string of the molecule is CN(Cc1cccc(F)c1)C(=O)c1ccc2c(c1)C(=O)N(CC1CCCO1)C2=O. The van der Waals surface area contributed by atoms with Crippen molar-refractivity contribution in [2.24, 2.45) is 0 Å². The highest BCUT2D eigenvalue weighted by Crippen LogP contribution is 2.26. The molecule has 1 fully saturated rings. The van der Waals surface area contributed by atoms with Crippen LogP contribution in [0.25, 0.3) is 0 Å². The van der Waals surface area contributed by atoms with Gasteiger partial charge in [0.1, 0.15) is 5.82 Å². The Morgan fingerprint density at radius 3 is 2.69 bits per heavy atom. The fourth-order valence-electron chi connectivity index (χ4n) is 3.78. The molecule has 0 bridgehead atoms. The quantitative estimate of drug-likeness (QED) is 0.729. The number of carbonyl (C=O) groups is 3. The summed E-state index contributed by atoms with van der Waals surface area (Å²) in [6.45, 7) is 1.10. The Hall–Kier alpha value is -3.06. The molecule has 7 heteroatoms. The van der Waals surface area contributed by atoms with Gasteiger partial charge in [0.05, 0.1) is 23.8 Å². The molecule has 29 heavy (non-hydrogen) atoms. The van der Waals surface area contributed by atoms with Gasteiger partial charge >= 0.3 is 0 Å². The van der Waals surface area contributed by atoms with Crippen molar-refractivity contribution >= 4 is 17.7 Å². The smallest absolute Gasteiger partial charge is 0.261 e. The topological polar surface area (TPSA) is 66.9 Å². The third-order valence-electron chi connectivity index (χ3n) is 5.28. The Labute approximate surface area is 167 Å². The van der Waals surface area contributed by atoms with E-state index in [1.54, 1.807) is 25.2 Å². The minimum atomic E-state index is -0.400. The highest BCUT2D eigenvalue weighted by atomic mass is 19.1. The first kappa shape index (κ1) is 19.3. The van der Waals surface area contributed by atoms with E-state index >= 15 is 0 Å². The van der Waals surface area contributed by atoms with Gasteiger partial charge in [-0.25, -0.2) is 4.39 Å².